The Morgan fingerprint density at radius 1 is 1.00 bits per heavy atom. The molecule has 1 aromatic carbocycles. The Bertz CT molecular complexity index is 825. The van der Waals surface area contributed by atoms with Crippen LogP contribution in [-0.4, -0.2) is 38.3 Å². The number of ether oxygens (including phenoxy) is 1. The molecule has 3 rings (SSSR count). The molecule has 0 bridgehead atoms. The second kappa shape index (κ2) is 8.22. The molecular weight excluding hydrogens is 365 g/mol. The monoisotopic (exact) mass is 380 g/mol. The highest BCUT2D eigenvalue weighted by Crippen LogP contribution is 2.28. The zero-order chi connectivity index (χ0) is 18.4. The van der Waals surface area contributed by atoms with Crippen LogP contribution in [-0.2, 0) is 6.54 Å². The third kappa shape index (κ3) is 4.98. The molecule has 0 fully saturated rings. The van der Waals surface area contributed by atoms with Crippen LogP contribution in [0.4, 0.5) is 13.2 Å². The van der Waals surface area contributed by atoms with Crippen LogP contribution < -0.4 is 4.74 Å². The van der Waals surface area contributed by atoms with Gasteiger partial charge >= 0.3 is 6.18 Å². The minimum Gasteiger partial charge on any atom is -0.493 e. The first-order valence-electron chi connectivity index (χ1n) is 7.74. The molecule has 0 aliphatic rings. The van der Waals surface area contributed by atoms with Crippen molar-refractivity contribution in [3.63, 3.8) is 0 Å². The smallest absolute Gasteiger partial charge is 0.406 e. The summed E-state index contributed by atoms with van der Waals surface area (Å²) in [6.45, 7) is -0.808. The molecule has 0 unspecified atom stereocenters. The van der Waals surface area contributed by atoms with Crippen LogP contribution in [0.2, 0.25) is 0 Å². The van der Waals surface area contributed by atoms with Gasteiger partial charge in [0.2, 0.25) is 0 Å². The molecule has 2 heterocycles. The fourth-order valence-corrected chi connectivity index (χ4v) is 3.00. The van der Waals surface area contributed by atoms with Crippen LogP contribution in [0.25, 0.3) is 11.4 Å². The number of thioether (sulfide) groups is 1. The van der Waals surface area contributed by atoms with Crippen molar-refractivity contribution in [2.24, 2.45) is 0 Å². The fraction of sp³-hybridized carbons (Fsp3) is 0.235. The van der Waals surface area contributed by atoms with Gasteiger partial charge in [-0.3, -0.25) is 9.55 Å². The van der Waals surface area contributed by atoms with E-state index in [1.807, 2.05) is 30.3 Å². The lowest BCUT2D eigenvalue weighted by molar-refractivity contribution is -0.141. The number of hydrogen-bond donors (Lipinski definition) is 0. The van der Waals surface area contributed by atoms with Crippen LogP contribution in [0, 0.1) is 0 Å². The number of benzene rings is 1. The SMILES string of the molecule is FC(F)(F)Cn1c(SCCOc2ccccc2)nnc1-c1ccncc1. The van der Waals surface area contributed by atoms with E-state index in [0.717, 1.165) is 4.57 Å². The Morgan fingerprint density at radius 3 is 2.42 bits per heavy atom. The summed E-state index contributed by atoms with van der Waals surface area (Å²) in [5.41, 5.74) is 0.532. The number of alkyl halides is 3. The molecule has 3 aromatic rings. The maximum atomic E-state index is 13.0. The van der Waals surface area contributed by atoms with Gasteiger partial charge in [-0.05, 0) is 24.3 Å². The van der Waals surface area contributed by atoms with E-state index >= 15 is 0 Å². The van der Waals surface area contributed by atoms with Crippen molar-refractivity contribution in [3.8, 4) is 17.1 Å². The lowest BCUT2D eigenvalue weighted by Gasteiger charge is -2.12. The number of hydrogen-bond acceptors (Lipinski definition) is 5. The van der Waals surface area contributed by atoms with E-state index in [2.05, 4.69) is 15.2 Å². The molecule has 0 radical (unpaired) electrons. The summed E-state index contributed by atoms with van der Waals surface area (Å²) in [5, 5.41) is 8.05. The summed E-state index contributed by atoms with van der Waals surface area (Å²) in [4.78, 5) is 3.87. The fourth-order valence-electron chi connectivity index (χ4n) is 2.24. The number of aromatic nitrogens is 4. The van der Waals surface area contributed by atoms with Gasteiger partial charge in [0.05, 0.1) is 6.61 Å². The normalized spacial score (nSPS) is 11.5. The predicted molar refractivity (Wildman–Crippen MR) is 92.0 cm³/mol. The number of halogens is 3. The van der Waals surface area contributed by atoms with Gasteiger partial charge in [0.15, 0.2) is 11.0 Å². The van der Waals surface area contributed by atoms with Gasteiger partial charge in [-0.1, -0.05) is 30.0 Å². The highest BCUT2D eigenvalue weighted by molar-refractivity contribution is 7.99. The summed E-state index contributed by atoms with van der Waals surface area (Å²) >= 11 is 1.17. The Hall–Kier alpha value is -2.55. The van der Waals surface area contributed by atoms with Gasteiger partial charge in [-0.15, -0.1) is 10.2 Å². The Kier molecular flexibility index (Phi) is 5.77. The van der Waals surface area contributed by atoms with Gasteiger partial charge in [-0.2, -0.15) is 13.2 Å². The average Bonchev–Trinajstić information content (AvgIpc) is 3.01. The number of rotatable bonds is 7. The third-order valence-corrected chi connectivity index (χ3v) is 4.25. The largest absolute Gasteiger partial charge is 0.493 e. The quantitative estimate of drug-likeness (QED) is 0.457. The molecule has 0 aliphatic heterocycles. The van der Waals surface area contributed by atoms with Crippen LogP contribution >= 0.6 is 11.8 Å². The lowest BCUT2D eigenvalue weighted by atomic mass is 10.2. The lowest BCUT2D eigenvalue weighted by Crippen LogP contribution is -2.19. The van der Waals surface area contributed by atoms with Crippen molar-refractivity contribution in [1.82, 2.24) is 19.7 Å². The van der Waals surface area contributed by atoms with E-state index in [1.54, 1.807) is 12.1 Å². The minimum atomic E-state index is -4.37. The van der Waals surface area contributed by atoms with E-state index in [9.17, 15) is 13.2 Å². The maximum Gasteiger partial charge on any atom is 0.406 e. The standard InChI is InChI=1S/C17H15F3N4OS/c18-17(19,20)12-24-15(13-6-8-21-9-7-13)22-23-16(24)26-11-10-25-14-4-2-1-3-5-14/h1-9H,10-12H2. The first kappa shape index (κ1) is 18.2. The highest BCUT2D eigenvalue weighted by Gasteiger charge is 2.31. The van der Waals surface area contributed by atoms with Crippen LogP contribution in [0.15, 0.2) is 60.0 Å². The molecule has 0 spiro atoms. The molecule has 26 heavy (non-hydrogen) atoms. The van der Waals surface area contributed by atoms with Crippen molar-refractivity contribution in [1.29, 1.82) is 0 Å². The van der Waals surface area contributed by atoms with E-state index < -0.39 is 12.7 Å². The van der Waals surface area contributed by atoms with E-state index in [-0.39, 0.29) is 11.0 Å². The maximum absolute atomic E-state index is 13.0. The summed E-state index contributed by atoms with van der Waals surface area (Å²) in [5.74, 6) is 1.32. The predicted octanol–water partition coefficient (Wildman–Crippen LogP) is 4.07. The topological polar surface area (TPSA) is 52.8 Å². The molecule has 0 N–H and O–H groups in total. The highest BCUT2D eigenvalue weighted by atomic mass is 32.2. The molecule has 0 saturated heterocycles. The molecule has 2 aromatic heterocycles. The summed E-state index contributed by atoms with van der Waals surface area (Å²) in [7, 11) is 0. The first-order chi connectivity index (χ1) is 12.5. The van der Waals surface area contributed by atoms with Gasteiger partial charge in [-0.25, -0.2) is 0 Å². The van der Waals surface area contributed by atoms with Gasteiger partial charge in [0, 0.05) is 23.7 Å². The first-order valence-corrected chi connectivity index (χ1v) is 8.72. The van der Waals surface area contributed by atoms with Crippen molar-refractivity contribution < 1.29 is 17.9 Å². The average molecular weight is 380 g/mol. The molecule has 0 aliphatic carbocycles. The summed E-state index contributed by atoms with van der Waals surface area (Å²) in [6, 6.07) is 12.4. The second-order valence-corrected chi connectivity index (χ2v) is 6.32. The second-order valence-electron chi connectivity index (χ2n) is 5.25. The summed E-state index contributed by atoms with van der Waals surface area (Å²) < 4.78 is 45.6. The van der Waals surface area contributed by atoms with Crippen molar-refractivity contribution in [2.45, 2.75) is 17.9 Å². The molecular formula is C17H15F3N4OS. The number of pyridine rings is 1. The van der Waals surface area contributed by atoms with E-state index in [4.69, 9.17) is 4.74 Å². The number of nitrogens with zero attached hydrogens (tertiary/aromatic N) is 4. The van der Waals surface area contributed by atoms with Crippen LogP contribution in [0.3, 0.4) is 0 Å². The van der Waals surface area contributed by atoms with Crippen molar-refractivity contribution in [2.75, 3.05) is 12.4 Å². The van der Waals surface area contributed by atoms with Crippen molar-refractivity contribution >= 4 is 11.8 Å². The Balaban J connectivity index is 1.71. The van der Waals surface area contributed by atoms with E-state index in [1.165, 1.54) is 24.2 Å². The summed E-state index contributed by atoms with van der Waals surface area (Å²) in [6.07, 6.45) is -1.37. The Labute approximate surface area is 152 Å². The number of para-hydroxylation sites is 1. The van der Waals surface area contributed by atoms with Gasteiger partial charge in [0.1, 0.15) is 12.3 Å². The molecule has 0 saturated carbocycles. The van der Waals surface area contributed by atoms with E-state index in [0.29, 0.717) is 23.7 Å². The zero-order valence-corrected chi connectivity index (χ0v) is 14.4. The molecule has 0 atom stereocenters. The Morgan fingerprint density at radius 2 is 1.73 bits per heavy atom. The minimum absolute atomic E-state index is 0.163. The van der Waals surface area contributed by atoms with Crippen LogP contribution in [0.1, 0.15) is 0 Å². The third-order valence-electron chi connectivity index (χ3n) is 3.32. The van der Waals surface area contributed by atoms with Gasteiger partial charge in [0.25, 0.3) is 0 Å². The molecule has 5 nitrogen and oxygen atoms in total. The van der Waals surface area contributed by atoms with Crippen molar-refractivity contribution in [3.05, 3.63) is 54.9 Å². The molecule has 136 valence electrons. The zero-order valence-electron chi connectivity index (χ0n) is 13.6. The van der Waals surface area contributed by atoms with Gasteiger partial charge < -0.3 is 4.74 Å². The molecule has 9 heteroatoms. The van der Waals surface area contributed by atoms with Crippen LogP contribution in [0.5, 0.6) is 5.75 Å². The molecule has 0 amide bonds.